The zero-order chi connectivity index (χ0) is 22.1. The van der Waals surface area contributed by atoms with Gasteiger partial charge in [-0.3, -0.25) is 0 Å². The Bertz CT molecular complexity index is 1280. The Balaban J connectivity index is 1.63. The molecule has 0 radical (unpaired) electrons. The number of anilines is 1. The minimum absolute atomic E-state index is 0.110. The van der Waals surface area contributed by atoms with Gasteiger partial charge in [-0.1, -0.05) is 48.5 Å². The Morgan fingerprint density at radius 3 is 2.62 bits per heavy atom. The van der Waals surface area contributed by atoms with Crippen molar-refractivity contribution in [3.63, 3.8) is 0 Å². The number of hydrogen-bond donors (Lipinski definition) is 1. The monoisotopic (exact) mass is 439 g/mol. The van der Waals surface area contributed by atoms with Crippen molar-refractivity contribution >= 4 is 23.5 Å². The number of fused-ring (bicyclic) bond motifs is 3. The molecule has 4 nitrogen and oxygen atoms in total. The van der Waals surface area contributed by atoms with Crippen molar-refractivity contribution in [3.8, 4) is 5.69 Å². The third kappa shape index (κ3) is 3.69. The smallest absolute Gasteiger partial charge is 0.318 e. The van der Waals surface area contributed by atoms with Gasteiger partial charge in [0.2, 0.25) is 0 Å². The van der Waals surface area contributed by atoms with Gasteiger partial charge in [0, 0.05) is 22.5 Å². The van der Waals surface area contributed by atoms with Crippen LogP contribution in [0.25, 0.3) is 5.69 Å². The largest absolute Gasteiger partial charge is 0.322 e. The maximum Gasteiger partial charge on any atom is 0.322 e. The molecule has 160 valence electrons. The molecule has 1 aromatic heterocycles. The molecule has 5 rings (SSSR count). The number of aromatic nitrogens is 1. The molecule has 0 saturated heterocycles. The van der Waals surface area contributed by atoms with Gasteiger partial charge in [-0.05, 0) is 66.3 Å². The summed E-state index contributed by atoms with van der Waals surface area (Å²) in [7, 11) is 0. The SMILES string of the molecule is CSc1cccc(NC(=O)N2Cc3ccccc3-n3cccc3[C@@H]2c2ccccc2C)c1. The Morgan fingerprint density at radius 1 is 0.969 bits per heavy atom. The molecule has 3 aromatic carbocycles. The van der Waals surface area contributed by atoms with Crippen LogP contribution < -0.4 is 5.32 Å². The van der Waals surface area contributed by atoms with Crippen LogP contribution >= 0.6 is 11.8 Å². The van der Waals surface area contributed by atoms with E-state index in [2.05, 4.69) is 65.5 Å². The molecule has 0 spiro atoms. The van der Waals surface area contributed by atoms with Crippen LogP contribution in [-0.4, -0.2) is 21.8 Å². The molecule has 0 aliphatic carbocycles. The standard InChI is InChI=1S/C27H25N3OS/c1-19-9-3-5-13-23(19)26-25-15-8-16-29(25)24-14-6-4-10-20(24)18-30(26)27(31)28-21-11-7-12-22(17-21)32-2/h3-17,26H,18H2,1-2H3,(H,28,31)/t26-/m0/s1. The average molecular weight is 440 g/mol. The molecule has 1 aliphatic heterocycles. The fourth-order valence-corrected chi connectivity index (χ4v) is 4.92. The first-order valence-corrected chi connectivity index (χ1v) is 11.9. The van der Waals surface area contributed by atoms with Gasteiger partial charge in [-0.2, -0.15) is 0 Å². The van der Waals surface area contributed by atoms with Crippen molar-refractivity contribution in [1.82, 2.24) is 9.47 Å². The number of rotatable bonds is 3. The number of para-hydroxylation sites is 1. The zero-order valence-electron chi connectivity index (χ0n) is 18.2. The third-order valence-corrected chi connectivity index (χ3v) is 6.75. The van der Waals surface area contributed by atoms with Crippen LogP contribution in [0, 0.1) is 6.92 Å². The summed E-state index contributed by atoms with van der Waals surface area (Å²) in [5.74, 6) is 0. The highest BCUT2D eigenvalue weighted by atomic mass is 32.2. The van der Waals surface area contributed by atoms with Crippen LogP contribution in [0.15, 0.2) is 96.0 Å². The lowest BCUT2D eigenvalue weighted by Crippen LogP contribution is -2.38. The van der Waals surface area contributed by atoms with Crippen LogP contribution in [0.3, 0.4) is 0 Å². The summed E-state index contributed by atoms with van der Waals surface area (Å²) in [4.78, 5) is 16.8. The van der Waals surface area contributed by atoms with Gasteiger partial charge in [-0.15, -0.1) is 11.8 Å². The molecule has 1 N–H and O–H groups in total. The molecule has 5 heteroatoms. The lowest BCUT2D eigenvalue weighted by Gasteiger charge is -2.32. The van der Waals surface area contributed by atoms with E-state index in [-0.39, 0.29) is 12.1 Å². The summed E-state index contributed by atoms with van der Waals surface area (Å²) in [6.07, 6.45) is 4.12. The minimum atomic E-state index is -0.206. The molecule has 32 heavy (non-hydrogen) atoms. The van der Waals surface area contributed by atoms with Gasteiger partial charge in [0.15, 0.2) is 0 Å². The maximum atomic E-state index is 13.8. The molecule has 1 atom stereocenters. The maximum absolute atomic E-state index is 13.8. The predicted octanol–water partition coefficient (Wildman–Crippen LogP) is 6.64. The lowest BCUT2D eigenvalue weighted by atomic mass is 9.97. The fraction of sp³-hybridized carbons (Fsp3) is 0.148. The normalized spacial score (nSPS) is 14.9. The van der Waals surface area contributed by atoms with Crippen LogP contribution in [0.5, 0.6) is 0 Å². The number of carbonyl (C=O) groups excluding carboxylic acids is 1. The van der Waals surface area contributed by atoms with E-state index >= 15 is 0 Å². The van der Waals surface area contributed by atoms with Gasteiger partial charge in [0.1, 0.15) is 6.04 Å². The summed E-state index contributed by atoms with van der Waals surface area (Å²) in [5, 5.41) is 3.15. The molecule has 4 aromatic rings. The summed E-state index contributed by atoms with van der Waals surface area (Å²) in [6, 6.07) is 28.5. The molecule has 1 aliphatic rings. The second-order valence-corrected chi connectivity index (χ2v) is 8.86. The van der Waals surface area contributed by atoms with E-state index in [1.165, 1.54) is 5.56 Å². The molecular weight excluding hydrogens is 414 g/mol. The highest BCUT2D eigenvalue weighted by molar-refractivity contribution is 7.98. The number of thioether (sulfide) groups is 1. The number of nitrogens with one attached hydrogen (secondary N) is 1. The second-order valence-electron chi connectivity index (χ2n) is 7.98. The summed E-state index contributed by atoms with van der Waals surface area (Å²) >= 11 is 1.66. The molecule has 0 bridgehead atoms. The number of amides is 2. The number of urea groups is 1. The van der Waals surface area contributed by atoms with E-state index in [1.807, 2.05) is 53.6 Å². The highest BCUT2D eigenvalue weighted by Crippen LogP contribution is 2.38. The zero-order valence-corrected chi connectivity index (χ0v) is 19.0. The van der Waals surface area contributed by atoms with Crippen molar-refractivity contribution in [1.29, 1.82) is 0 Å². The van der Waals surface area contributed by atoms with Crippen LogP contribution in [0.4, 0.5) is 10.5 Å². The van der Waals surface area contributed by atoms with Crippen molar-refractivity contribution in [2.45, 2.75) is 24.4 Å². The minimum Gasteiger partial charge on any atom is -0.318 e. The number of benzene rings is 3. The summed E-state index contributed by atoms with van der Waals surface area (Å²) in [5.41, 5.74) is 6.42. The van der Waals surface area contributed by atoms with Gasteiger partial charge in [0.25, 0.3) is 0 Å². The molecule has 2 heterocycles. The van der Waals surface area contributed by atoms with Gasteiger partial charge in [0.05, 0.1) is 12.2 Å². The first-order chi connectivity index (χ1) is 15.7. The van der Waals surface area contributed by atoms with E-state index in [1.54, 1.807) is 11.8 Å². The number of hydrogen-bond acceptors (Lipinski definition) is 2. The van der Waals surface area contributed by atoms with Crippen molar-refractivity contribution in [2.75, 3.05) is 11.6 Å². The first kappa shape index (κ1) is 20.5. The Labute approximate surface area is 192 Å². The predicted molar refractivity (Wildman–Crippen MR) is 132 cm³/mol. The average Bonchev–Trinajstić information content (AvgIpc) is 3.24. The first-order valence-electron chi connectivity index (χ1n) is 10.7. The Morgan fingerprint density at radius 2 is 1.78 bits per heavy atom. The van der Waals surface area contributed by atoms with Crippen molar-refractivity contribution in [3.05, 3.63) is 114 Å². The van der Waals surface area contributed by atoms with E-state index < -0.39 is 0 Å². The van der Waals surface area contributed by atoms with Crippen LogP contribution in [0.1, 0.15) is 28.4 Å². The molecule has 2 amide bonds. The van der Waals surface area contributed by atoms with E-state index in [9.17, 15) is 4.79 Å². The van der Waals surface area contributed by atoms with Gasteiger partial charge in [-0.25, -0.2) is 4.79 Å². The van der Waals surface area contributed by atoms with Crippen molar-refractivity contribution < 1.29 is 4.79 Å². The molecule has 0 unspecified atom stereocenters. The fourth-order valence-electron chi connectivity index (χ4n) is 4.46. The highest BCUT2D eigenvalue weighted by Gasteiger charge is 2.33. The van der Waals surface area contributed by atoms with E-state index in [4.69, 9.17) is 0 Å². The number of nitrogens with zero attached hydrogens (tertiary/aromatic N) is 2. The lowest BCUT2D eigenvalue weighted by molar-refractivity contribution is 0.194. The Kier molecular flexibility index (Phi) is 5.50. The number of aryl methyl sites for hydroxylation is 1. The van der Waals surface area contributed by atoms with Gasteiger partial charge >= 0.3 is 6.03 Å². The van der Waals surface area contributed by atoms with E-state index in [0.29, 0.717) is 6.54 Å². The summed E-state index contributed by atoms with van der Waals surface area (Å²) < 4.78 is 2.22. The van der Waals surface area contributed by atoms with E-state index in [0.717, 1.165) is 33.1 Å². The van der Waals surface area contributed by atoms with Crippen LogP contribution in [-0.2, 0) is 6.54 Å². The Hall–Kier alpha value is -3.44. The second kappa shape index (κ2) is 8.60. The topological polar surface area (TPSA) is 37.3 Å². The quantitative estimate of drug-likeness (QED) is 0.363. The summed E-state index contributed by atoms with van der Waals surface area (Å²) in [6.45, 7) is 2.63. The molecule has 0 fully saturated rings. The molecular formula is C27H25N3OS. The van der Waals surface area contributed by atoms with Crippen LogP contribution in [0.2, 0.25) is 0 Å². The van der Waals surface area contributed by atoms with Gasteiger partial charge < -0.3 is 14.8 Å². The van der Waals surface area contributed by atoms with Crippen molar-refractivity contribution in [2.24, 2.45) is 0 Å². The molecule has 0 saturated carbocycles. The third-order valence-electron chi connectivity index (χ3n) is 6.03. The number of carbonyl (C=O) groups is 1.